The van der Waals surface area contributed by atoms with Crippen LogP contribution in [-0.2, 0) is 14.8 Å². The zero-order chi connectivity index (χ0) is 12.9. The molecule has 0 spiro atoms. The second-order valence-electron chi connectivity index (χ2n) is 3.27. The molecule has 17 heavy (non-hydrogen) atoms. The lowest BCUT2D eigenvalue weighted by molar-refractivity contribution is -0.137. The topological polar surface area (TPSA) is 96.4 Å². The number of carboxylic acids is 1. The fraction of sp³-hybridized carbons (Fsp3) is 0.333. The lowest BCUT2D eigenvalue weighted by Gasteiger charge is -2.08. The number of pyridine rings is 1. The highest BCUT2D eigenvalue weighted by Crippen LogP contribution is 2.21. The minimum Gasteiger partial charge on any atom is -0.481 e. The molecule has 8 heteroatoms. The van der Waals surface area contributed by atoms with Crippen LogP contribution in [-0.4, -0.2) is 30.2 Å². The Morgan fingerprint density at radius 1 is 1.53 bits per heavy atom. The van der Waals surface area contributed by atoms with Gasteiger partial charge in [0.1, 0.15) is 0 Å². The van der Waals surface area contributed by atoms with Crippen molar-refractivity contribution >= 4 is 37.6 Å². The predicted octanol–water partition coefficient (Wildman–Crippen LogP) is 1.45. The van der Waals surface area contributed by atoms with Crippen molar-refractivity contribution < 1.29 is 18.3 Å². The van der Waals surface area contributed by atoms with Gasteiger partial charge in [-0.15, -0.1) is 0 Å². The Morgan fingerprint density at radius 3 is 2.82 bits per heavy atom. The van der Waals surface area contributed by atoms with Gasteiger partial charge in [-0.3, -0.25) is 14.5 Å². The highest BCUT2D eigenvalue weighted by Gasteiger charge is 2.12. The molecule has 0 bridgehead atoms. The molecule has 0 fully saturated rings. The molecule has 1 aromatic heterocycles. The highest BCUT2D eigenvalue weighted by molar-refractivity contribution is 9.10. The number of sulfonamides is 1. The van der Waals surface area contributed by atoms with Crippen LogP contribution in [0.3, 0.4) is 0 Å². The quantitative estimate of drug-likeness (QED) is 0.826. The molecule has 0 aliphatic carbocycles. The maximum atomic E-state index is 11.6. The smallest absolute Gasteiger partial charge is 0.303 e. The lowest BCUT2D eigenvalue weighted by atomic mass is 10.3. The summed E-state index contributed by atoms with van der Waals surface area (Å²) in [5.74, 6) is -1.24. The summed E-state index contributed by atoms with van der Waals surface area (Å²) in [6.45, 7) is 0. The van der Waals surface area contributed by atoms with Gasteiger partial charge in [0.05, 0.1) is 15.9 Å². The molecule has 0 amide bonds. The van der Waals surface area contributed by atoms with Gasteiger partial charge in [-0.25, -0.2) is 8.42 Å². The summed E-state index contributed by atoms with van der Waals surface area (Å²) < 4.78 is 26.1. The van der Waals surface area contributed by atoms with E-state index in [9.17, 15) is 13.2 Å². The van der Waals surface area contributed by atoms with Gasteiger partial charge in [0, 0.05) is 18.8 Å². The summed E-state index contributed by atoms with van der Waals surface area (Å²) >= 11 is 3.16. The van der Waals surface area contributed by atoms with Crippen LogP contribution in [0.2, 0.25) is 0 Å². The minimum atomic E-state index is -3.52. The number of nitrogens with one attached hydrogen (secondary N) is 1. The van der Waals surface area contributed by atoms with E-state index >= 15 is 0 Å². The van der Waals surface area contributed by atoms with E-state index in [4.69, 9.17) is 5.11 Å². The first kappa shape index (κ1) is 13.9. The zero-order valence-corrected chi connectivity index (χ0v) is 11.2. The van der Waals surface area contributed by atoms with E-state index in [1.54, 1.807) is 0 Å². The van der Waals surface area contributed by atoms with Gasteiger partial charge in [0.25, 0.3) is 0 Å². The number of halogens is 1. The monoisotopic (exact) mass is 322 g/mol. The third kappa shape index (κ3) is 5.14. The van der Waals surface area contributed by atoms with Gasteiger partial charge in [-0.2, -0.15) is 0 Å². The number of aliphatic carboxylic acids is 1. The summed E-state index contributed by atoms with van der Waals surface area (Å²) in [7, 11) is -3.52. The van der Waals surface area contributed by atoms with Crippen molar-refractivity contribution in [1.82, 2.24) is 4.98 Å². The van der Waals surface area contributed by atoms with E-state index in [1.807, 2.05) is 0 Å². The molecular weight excluding hydrogens is 312 g/mol. The maximum absolute atomic E-state index is 11.6. The Labute approximate surface area is 107 Å². The summed E-state index contributed by atoms with van der Waals surface area (Å²) in [5, 5.41) is 8.41. The van der Waals surface area contributed by atoms with Gasteiger partial charge < -0.3 is 5.11 Å². The van der Waals surface area contributed by atoms with E-state index in [-0.39, 0.29) is 18.6 Å². The molecule has 94 valence electrons. The summed E-state index contributed by atoms with van der Waals surface area (Å²) in [5.41, 5.74) is 0.385. The average Bonchev–Trinajstić information content (AvgIpc) is 2.20. The molecule has 1 heterocycles. The van der Waals surface area contributed by atoms with Crippen molar-refractivity contribution in [2.45, 2.75) is 12.8 Å². The number of aromatic nitrogens is 1. The van der Waals surface area contributed by atoms with Crippen LogP contribution in [0.4, 0.5) is 5.69 Å². The fourth-order valence-electron chi connectivity index (χ4n) is 1.09. The zero-order valence-electron chi connectivity index (χ0n) is 8.76. The third-order valence-electron chi connectivity index (χ3n) is 1.84. The molecule has 0 aromatic carbocycles. The van der Waals surface area contributed by atoms with E-state index in [0.29, 0.717) is 10.2 Å². The predicted molar refractivity (Wildman–Crippen MR) is 66.2 cm³/mol. The van der Waals surface area contributed by atoms with Crippen LogP contribution in [0.5, 0.6) is 0 Å². The van der Waals surface area contributed by atoms with Crippen molar-refractivity contribution in [1.29, 1.82) is 0 Å². The second-order valence-corrected chi connectivity index (χ2v) is 5.97. The van der Waals surface area contributed by atoms with Gasteiger partial charge in [0.2, 0.25) is 10.0 Å². The number of carboxylic acid groups (broad SMARTS) is 1. The van der Waals surface area contributed by atoms with Crippen molar-refractivity contribution in [3.63, 3.8) is 0 Å². The number of hydrogen-bond acceptors (Lipinski definition) is 4. The second kappa shape index (κ2) is 5.97. The van der Waals surface area contributed by atoms with Crippen LogP contribution >= 0.6 is 15.9 Å². The average molecular weight is 323 g/mol. The Bertz CT molecular complexity index is 503. The van der Waals surface area contributed by atoms with E-state index in [1.165, 1.54) is 18.5 Å². The standard InChI is InChI=1S/C9H11BrN2O4S/c10-7-6-11-4-3-8(7)12-17(15,16)5-1-2-9(13)14/h3-4,6H,1-2,5H2,(H,11,12)(H,13,14). The molecule has 0 saturated carbocycles. The van der Waals surface area contributed by atoms with Crippen LogP contribution in [0.15, 0.2) is 22.9 Å². The van der Waals surface area contributed by atoms with Crippen molar-refractivity contribution in [2.75, 3.05) is 10.5 Å². The first-order valence-electron chi connectivity index (χ1n) is 4.72. The first-order chi connectivity index (χ1) is 7.91. The third-order valence-corrected chi connectivity index (χ3v) is 3.83. The normalized spacial score (nSPS) is 11.1. The number of anilines is 1. The van der Waals surface area contributed by atoms with E-state index in [2.05, 4.69) is 25.6 Å². The molecule has 0 saturated heterocycles. The number of nitrogens with zero attached hydrogens (tertiary/aromatic N) is 1. The first-order valence-corrected chi connectivity index (χ1v) is 7.17. The van der Waals surface area contributed by atoms with E-state index in [0.717, 1.165) is 0 Å². The molecule has 1 rings (SSSR count). The Balaban J connectivity index is 2.61. The van der Waals surface area contributed by atoms with Gasteiger partial charge in [-0.1, -0.05) is 0 Å². The van der Waals surface area contributed by atoms with Crippen LogP contribution in [0.25, 0.3) is 0 Å². The van der Waals surface area contributed by atoms with Crippen molar-refractivity contribution in [3.8, 4) is 0 Å². The Hall–Kier alpha value is -1.15. The van der Waals surface area contributed by atoms with Crippen molar-refractivity contribution in [3.05, 3.63) is 22.9 Å². The largest absolute Gasteiger partial charge is 0.481 e. The minimum absolute atomic E-state index is 0.0768. The fourth-order valence-corrected chi connectivity index (χ4v) is 2.71. The maximum Gasteiger partial charge on any atom is 0.303 e. The molecule has 0 unspecified atom stereocenters. The molecule has 1 aromatic rings. The highest BCUT2D eigenvalue weighted by atomic mass is 79.9. The van der Waals surface area contributed by atoms with Gasteiger partial charge in [0.15, 0.2) is 0 Å². The van der Waals surface area contributed by atoms with Gasteiger partial charge >= 0.3 is 5.97 Å². The number of rotatable bonds is 6. The van der Waals surface area contributed by atoms with Crippen LogP contribution in [0.1, 0.15) is 12.8 Å². The molecule has 0 aliphatic rings. The summed E-state index contributed by atoms with van der Waals surface area (Å²) in [6.07, 6.45) is 2.83. The molecule has 0 atom stereocenters. The number of carbonyl (C=O) groups is 1. The van der Waals surface area contributed by atoms with Crippen LogP contribution in [0, 0.1) is 0 Å². The van der Waals surface area contributed by atoms with Crippen LogP contribution < -0.4 is 4.72 Å². The molecule has 6 nitrogen and oxygen atoms in total. The van der Waals surface area contributed by atoms with Crippen molar-refractivity contribution in [2.24, 2.45) is 0 Å². The molecule has 0 radical (unpaired) electrons. The van der Waals surface area contributed by atoms with Gasteiger partial charge in [-0.05, 0) is 28.4 Å². The number of hydrogen-bond donors (Lipinski definition) is 2. The molecular formula is C9H11BrN2O4S. The lowest BCUT2D eigenvalue weighted by Crippen LogP contribution is -2.17. The Kier molecular flexibility index (Phi) is 4.88. The van der Waals surface area contributed by atoms with E-state index < -0.39 is 16.0 Å². The SMILES string of the molecule is O=C(O)CCCS(=O)(=O)Nc1ccncc1Br. The Morgan fingerprint density at radius 2 is 2.24 bits per heavy atom. The summed E-state index contributed by atoms with van der Waals surface area (Å²) in [6, 6.07) is 1.51. The molecule has 0 aliphatic heterocycles. The molecule has 2 N–H and O–H groups in total. The summed E-state index contributed by atoms with van der Waals surface area (Å²) in [4.78, 5) is 14.1.